The third-order valence-electron chi connectivity index (χ3n) is 2.70. The van der Waals surface area contributed by atoms with Crippen molar-refractivity contribution in [2.75, 3.05) is 0 Å². The van der Waals surface area contributed by atoms with Crippen LogP contribution < -0.4 is 5.32 Å². The highest BCUT2D eigenvalue weighted by molar-refractivity contribution is 9.10. The van der Waals surface area contributed by atoms with Gasteiger partial charge in [-0.25, -0.2) is 4.39 Å². The molecule has 0 fully saturated rings. The average Bonchev–Trinajstić information content (AvgIpc) is 2.85. The molecular weight excluding hydrogens is 329 g/mol. The summed E-state index contributed by atoms with van der Waals surface area (Å²) in [6.07, 6.45) is 0.766. The Hall–Kier alpha value is -1.20. The monoisotopic (exact) mass is 341 g/mol. The van der Waals surface area contributed by atoms with Crippen LogP contribution in [0.25, 0.3) is 0 Å². The number of hydrogen-bond acceptors (Lipinski definition) is 2. The predicted molar refractivity (Wildman–Crippen MR) is 79.1 cm³/mol. The number of hydrogen-bond donors (Lipinski definition) is 1. The summed E-state index contributed by atoms with van der Waals surface area (Å²) in [6, 6.07) is 6.47. The Balaban J connectivity index is 2.02. The van der Waals surface area contributed by atoms with Crippen LogP contribution in [-0.4, -0.2) is 11.9 Å². The Morgan fingerprint density at radius 2 is 2.26 bits per heavy atom. The van der Waals surface area contributed by atoms with Crippen molar-refractivity contribution in [2.24, 2.45) is 0 Å². The lowest BCUT2D eigenvalue weighted by molar-refractivity contribution is 0.0939. The quantitative estimate of drug-likeness (QED) is 0.894. The number of halogens is 2. The number of nitrogens with one attached hydrogen (secondary N) is 1. The van der Waals surface area contributed by atoms with Crippen LogP contribution >= 0.6 is 27.3 Å². The molecule has 0 radical (unpaired) electrons. The van der Waals surface area contributed by atoms with Crippen molar-refractivity contribution in [2.45, 2.75) is 19.4 Å². The van der Waals surface area contributed by atoms with Gasteiger partial charge < -0.3 is 5.32 Å². The first-order valence-corrected chi connectivity index (χ1v) is 7.57. The number of rotatable bonds is 4. The molecule has 1 N–H and O–H groups in total. The summed E-state index contributed by atoms with van der Waals surface area (Å²) in [5, 5.41) is 6.93. The number of benzene rings is 1. The Kier molecular flexibility index (Phi) is 4.71. The minimum atomic E-state index is -0.432. The van der Waals surface area contributed by atoms with Crippen LogP contribution in [0.4, 0.5) is 4.39 Å². The van der Waals surface area contributed by atoms with E-state index in [-0.39, 0.29) is 16.4 Å². The first kappa shape index (κ1) is 14.2. The van der Waals surface area contributed by atoms with Crippen molar-refractivity contribution in [1.82, 2.24) is 5.32 Å². The van der Waals surface area contributed by atoms with E-state index in [1.54, 1.807) is 17.4 Å². The molecule has 0 saturated carbocycles. The van der Waals surface area contributed by atoms with Gasteiger partial charge in [-0.15, -0.1) is 0 Å². The molecule has 0 spiro atoms. The van der Waals surface area contributed by atoms with Crippen molar-refractivity contribution >= 4 is 33.2 Å². The van der Waals surface area contributed by atoms with E-state index in [4.69, 9.17) is 0 Å². The largest absolute Gasteiger partial charge is 0.349 e. The SMILES string of the molecule is CC(Cc1ccsc1)NC(=O)c1cccc(F)c1Br. The van der Waals surface area contributed by atoms with E-state index in [9.17, 15) is 9.18 Å². The van der Waals surface area contributed by atoms with Crippen LogP contribution in [0.1, 0.15) is 22.8 Å². The molecule has 0 saturated heterocycles. The van der Waals surface area contributed by atoms with Gasteiger partial charge in [-0.3, -0.25) is 4.79 Å². The Morgan fingerprint density at radius 1 is 1.47 bits per heavy atom. The maximum atomic E-state index is 13.4. The number of carbonyl (C=O) groups excluding carboxylic acids is 1. The van der Waals surface area contributed by atoms with Crippen molar-refractivity contribution in [3.63, 3.8) is 0 Å². The van der Waals surface area contributed by atoms with Gasteiger partial charge in [0.25, 0.3) is 5.91 Å². The summed E-state index contributed by atoms with van der Waals surface area (Å²) in [7, 11) is 0. The van der Waals surface area contributed by atoms with Crippen LogP contribution in [0.3, 0.4) is 0 Å². The summed E-state index contributed by atoms with van der Waals surface area (Å²) in [6.45, 7) is 1.93. The highest BCUT2D eigenvalue weighted by Gasteiger charge is 2.15. The topological polar surface area (TPSA) is 29.1 Å². The summed E-state index contributed by atoms with van der Waals surface area (Å²) >= 11 is 4.73. The molecule has 0 aliphatic rings. The molecule has 5 heteroatoms. The first-order valence-electron chi connectivity index (χ1n) is 5.84. The van der Waals surface area contributed by atoms with E-state index >= 15 is 0 Å². The molecule has 2 aromatic rings. The van der Waals surface area contributed by atoms with Crippen LogP contribution in [0.5, 0.6) is 0 Å². The fourth-order valence-corrected chi connectivity index (χ4v) is 2.92. The third-order valence-corrected chi connectivity index (χ3v) is 4.23. The lowest BCUT2D eigenvalue weighted by atomic mass is 10.1. The normalized spacial score (nSPS) is 12.2. The lowest BCUT2D eigenvalue weighted by Crippen LogP contribution is -2.34. The van der Waals surface area contributed by atoms with Gasteiger partial charge in [0.05, 0.1) is 10.0 Å². The molecule has 0 aliphatic heterocycles. The van der Waals surface area contributed by atoms with E-state index < -0.39 is 5.82 Å². The number of thiophene rings is 1. The fourth-order valence-electron chi connectivity index (χ4n) is 1.79. The van der Waals surface area contributed by atoms with Crippen molar-refractivity contribution in [3.05, 3.63) is 56.4 Å². The van der Waals surface area contributed by atoms with Crippen LogP contribution in [0.15, 0.2) is 39.5 Å². The summed E-state index contributed by atoms with van der Waals surface area (Å²) in [5.74, 6) is -0.702. The number of amides is 1. The molecule has 1 aromatic carbocycles. The highest BCUT2D eigenvalue weighted by atomic mass is 79.9. The second-order valence-corrected chi connectivity index (χ2v) is 5.88. The molecule has 1 aromatic heterocycles. The molecule has 1 heterocycles. The molecule has 1 amide bonds. The summed E-state index contributed by atoms with van der Waals surface area (Å²) in [4.78, 5) is 12.1. The van der Waals surface area contributed by atoms with Gasteiger partial charge in [0.2, 0.25) is 0 Å². The van der Waals surface area contributed by atoms with E-state index in [1.165, 1.54) is 17.7 Å². The predicted octanol–water partition coefficient (Wildman–Crippen LogP) is 4.01. The van der Waals surface area contributed by atoms with Gasteiger partial charge >= 0.3 is 0 Å². The van der Waals surface area contributed by atoms with E-state index in [0.29, 0.717) is 5.56 Å². The van der Waals surface area contributed by atoms with Crippen molar-refractivity contribution < 1.29 is 9.18 Å². The molecule has 2 rings (SSSR count). The molecule has 19 heavy (non-hydrogen) atoms. The second kappa shape index (κ2) is 6.30. The average molecular weight is 342 g/mol. The van der Waals surface area contributed by atoms with Gasteiger partial charge in [0, 0.05) is 6.04 Å². The van der Waals surface area contributed by atoms with Crippen LogP contribution in [-0.2, 0) is 6.42 Å². The van der Waals surface area contributed by atoms with Crippen molar-refractivity contribution in [1.29, 1.82) is 0 Å². The fraction of sp³-hybridized carbons (Fsp3) is 0.214. The van der Waals surface area contributed by atoms with Crippen molar-refractivity contribution in [3.8, 4) is 0 Å². The number of carbonyl (C=O) groups is 1. The Morgan fingerprint density at radius 3 is 2.95 bits per heavy atom. The van der Waals surface area contributed by atoms with Gasteiger partial charge in [-0.05, 0) is 63.8 Å². The van der Waals surface area contributed by atoms with Crippen LogP contribution in [0.2, 0.25) is 0 Å². The lowest BCUT2D eigenvalue weighted by Gasteiger charge is -2.14. The minimum absolute atomic E-state index is 0.00253. The molecule has 100 valence electrons. The van der Waals surface area contributed by atoms with Crippen LogP contribution in [0, 0.1) is 5.82 Å². The maximum Gasteiger partial charge on any atom is 0.252 e. The Labute approximate surface area is 123 Å². The summed E-state index contributed by atoms with van der Waals surface area (Å²) < 4.78 is 13.6. The smallest absolute Gasteiger partial charge is 0.252 e. The van der Waals surface area contributed by atoms with Gasteiger partial charge in [0.15, 0.2) is 0 Å². The third kappa shape index (κ3) is 3.64. The zero-order valence-corrected chi connectivity index (χ0v) is 12.7. The highest BCUT2D eigenvalue weighted by Crippen LogP contribution is 2.20. The molecule has 1 unspecified atom stereocenters. The molecule has 0 bridgehead atoms. The molecule has 0 aliphatic carbocycles. The second-order valence-electron chi connectivity index (χ2n) is 4.31. The molecule has 2 nitrogen and oxygen atoms in total. The standard InChI is InChI=1S/C14H13BrFNOS/c1-9(7-10-5-6-19-8-10)17-14(18)11-3-2-4-12(16)13(11)15/h2-6,8-9H,7H2,1H3,(H,17,18). The van der Waals surface area contributed by atoms with Gasteiger partial charge in [-0.1, -0.05) is 6.07 Å². The van der Waals surface area contributed by atoms with Gasteiger partial charge in [-0.2, -0.15) is 11.3 Å². The minimum Gasteiger partial charge on any atom is -0.349 e. The van der Waals surface area contributed by atoms with E-state index in [1.807, 2.05) is 18.4 Å². The first-order chi connectivity index (χ1) is 9.08. The summed E-state index contributed by atoms with van der Waals surface area (Å²) in [5.41, 5.74) is 1.51. The zero-order chi connectivity index (χ0) is 13.8. The van der Waals surface area contributed by atoms with Gasteiger partial charge in [0.1, 0.15) is 5.82 Å². The molecular formula is C14H13BrFNOS. The Bertz CT molecular complexity index is 571. The maximum absolute atomic E-state index is 13.4. The van der Waals surface area contributed by atoms with E-state index in [2.05, 4.69) is 26.6 Å². The molecule has 1 atom stereocenters. The van der Waals surface area contributed by atoms with E-state index in [0.717, 1.165) is 6.42 Å². The zero-order valence-electron chi connectivity index (χ0n) is 10.3.